The van der Waals surface area contributed by atoms with Crippen LogP contribution >= 0.6 is 0 Å². The summed E-state index contributed by atoms with van der Waals surface area (Å²) < 4.78 is 10.3. The van der Waals surface area contributed by atoms with Gasteiger partial charge in [-0.2, -0.15) is 0 Å². The Hall–Kier alpha value is -4.27. The van der Waals surface area contributed by atoms with Crippen LogP contribution in [0, 0.1) is 10.8 Å². The second kappa shape index (κ2) is 19.8. The van der Waals surface area contributed by atoms with Crippen LogP contribution < -0.4 is 16.0 Å². The van der Waals surface area contributed by atoms with Gasteiger partial charge in [0.2, 0.25) is 17.7 Å². The fraction of sp³-hybridized carbons (Fsp3) is 0.607. The van der Waals surface area contributed by atoms with Gasteiger partial charge < -0.3 is 41.1 Å². The molecule has 15 heteroatoms. The number of esters is 2. The van der Waals surface area contributed by atoms with E-state index in [0.29, 0.717) is 12.4 Å². The number of hydrogen-bond acceptors (Lipinski definition) is 12. The number of carbonyl (C=O) groups excluding carboxylic acids is 7. The van der Waals surface area contributed by atoms with Gasteiger partial charge in [-0.25, -0.2) is 9.59 Å². The predicted octanol–water partition coefficient (Wildman–Crippen LogP) is -0.149. The van der Waals surface area contributed by atoms with Crippen LogP contribution in [0.4, 0.5) is 0 Å². The molecule has 3 amide bonds. The van der Waals surface area contributed by atoms with Crippen molar-refractivity contribution in [2.45, 2.75) is 83.0 Å². The van der Waals surface area contributed by atoms with E-state index in [0.717, 1.165) is 0 Å². The summed E-state index contributed by atoms with van der Waals surface area (Å²) in [5.74, 6) is -4.87. The summed E-state index contributed by atoms with van der Waals surface area (Å²) in [6.45, 7) is 8.16. The van der Waals surface area contributed by atoms with Gasteiger partial charge in [-0.15, -0.1) is 0 Å². The lowest BCUT2D eigenvalue weighted by Gasteiger charge is -2.26. The van der Waals surface area contributed by atoms with E-state index < -0.39 is 65.0 Å². The molecule has 0 aromatic heterocycles. The fourth-order valence-corrected chi connectivity index (χ4v) is 3.44. The van der Waals surface area contributed by atoms with Crippen LogP contribution in [0.5, 0.6) is 0 Å². The number of nitrogens with zero attached hydrogens (tertiary/aromatic N) is 1. The molecule has 3 atom stereocenters. The molecule has 0 aromatic carbocycles. The quantitative estimate of drug-likeness (QED) is 0.0658. The summed E-state index contributed by atoms with van der Waals surface area (Å²) in [5.41, 5.74) is -0.916. The highest BCUT2D eigenvalue weighted by Crippen LogP contribution is 2.12. The number of Topliss-reactive ketones (excluding diaryl/α,β-unsaturated/α-hetero) is 2. The second-order valence-electron chi connectivity index (χ2n) is 10.8. The Morgan fingerprint density at radius 1 is 0.767 bits per heavy atom. The van der Waals surface area contributed by atoms with E-state index >= 15 is 0 Å². The van der Waals surface area contributed by atoms with Crippen LogP contribution in [0.25, 0.3) is 0 Å². The largest absolute Gasteiger partial charge is 0.460 e. The lowest BCUT2D eigenvalue weighted by atomic mass is 10.0. The van der Waals surface area contributed by atoms with E-state index in [4.69, 9.17) is 20.3 Å². The highest BCUT2D eigenvalue weighted by atomic mass is 16.6. The van der Waals surface area contributed by atoms with Crippen molar-refractivity contribution in [1.29, 1.82) is 10.8 Å². The van der Waals surface area contributed by atoms with Gasteiger partial charge in [0.25, 0.3) is 0 Å². The lowest BCUT2D eigenvalue weighted by Crippen LogP contribution is -2.53. The minimum atomic E-state index is -1.34. The summed E-state index contributed by atoms with van der Waals surface area (Å²) >= 11 is 0. The summed E-state index contributed by atoms with van der Waals surface area (Å²) in [6.07, 6.45) is 1.06. The molecule has 0 rings (SSSR count). The Labute approximate surface area is 251 Å². The van der Waals surface area contributed by atoms with Gasteiger partial charge in [-0.05, 0) is 54.1 Å². The maximum absolute atomic E-state index is 13.2. The third kappa shape index (κ3) is 18.0. The zero-order chi connectivity index (χ0) is 33.2. The molecule has 15 nitrogen and oxygen atoms in total. The van der Waals surface area contributed by atoms with Crippen LogP contribution in [-0.2, 0) is 43.0 Å². The minimum absolute atomic E-state index is 0.0229. The van der Waals surface area contributed by atoms with E-state index in [1.54, 1.807) is 39.8 Å². The number of rotatable bonds is 21. The average Bonchev–Trinajstić information content (AvgIpc) is 2.91. The average molecular weight is 609 g/mol. The normalized spacial score (nSPS) is 13.0. The number of likely N-dealkylation sites (N-methyl/N-ethyl adjacent to an activating group) is 1. The molecule has 43 heavy (non-hydrogen) atoms. The van der Waals surface area contributed by atoms with E-state index in [2.05, 4.69) is 22.5 Å². The number of ether oxygens (including phenoxy) is 2. The van der Waals surface area contributed by atoms with Gasteiger partial charge in [0.15, 0.2) is 11.6 Å². The molecule has 0 fully saturated rings. The first kappa shape index (κ1) is 38.7. The number of nitrogens with one attached hydrogen (secondary N) is 5. The van der Waals surface area contributed by atoms with Crippen molar-refractivity contribution in [1.82, 2.24) is 20.9 Å². The van der Waals surface area contributed by atoms with Gasteiger partial charge >= 0.3 is 11.9 Å². The molecular formula is C28H44N6O9. The van der Waals surface area contributed by atoms with E-state index in [1.807, 2.05) is 0 Å². The topological polar surface area (TPSA) is 225 Å². The number of hydrogen-bond donors (Lipinski definition) is 5. The molecular weight excluding hydrogens is 564 g/mol. The number of carbonyl (C=O) groups is 7. The van der Waals surface area contributed by atoms with Crippen LogP contribution in [-0.4, -0.2) is 110 Å². The van der Waals surface area contributed by atoms with E-state index in [9.17, 15) is 33.6 Å². The zero-order valence-corrected chi connectivity index (χ0v) is 25.4. The Kier molecular flexibility index (Phi) is 17.8. The SMILES string of the molecule is C=CCOC(=O)[C@H](CCC(=O)N[C@@H](CCC(=O)C=N)C(=O)N[C@@H](CCC(=O)C=N)C(=O)OC(C)(C)C)NC(=O)CN(C)C. The number of amides is 3. The lowest BCUT2D eigenvalue weighted by molar-refractivity contribution is -0.159. The maximum atomic E-state index is 13.2. The van der Waals surface area contributed by atoms with Crippen molar-refractivity contribution in [2.24, 2.45) is 0 Å². The Bertz CT molecular complexity index is 1050. The van der Waals surface area contributed by atoms with E-state index in [-0.39, 0.29) is 51.7 Å². The monoisotopic (exact) mass is 608 g/mol. The van der Waals surface area contributed by atoms with Crippen LogP contribution in [0.2, 0.25) is 0 Å². The summed E-state index contributed by atoms with van der Waals surface area (Å²) in [4.78, 5) is 88.5. The van der Waals surface area contributed by atoms with Gasteiger partial charge in [0, 0.05) is 19.3 Å². The third-order valence-electron chi connectivity index (χ3n) is 5.42. The molecule has 0 saturated carbocycles. The molecule has 0 aliphatic heterocycles. The fourth-order valence-electron chi connectivity index (χ4n) is 3.44. The molecule has 0 bridgehead atoms. The van der Waals surface area contributed by atoms with Crippen molar-refractivity contribution in [2.75, 3.05) is 27.2 Å². The van der Waals surface area contributed by atoms with Crippen molar-refractivity contribution in [3.8, 4) is 0 Å². The Balaban J connectivity index is 5.76. The van der Waals surface area contributed by atoms with Crippen molar-refractivity contribution < 1.29 is 43.0 Å². The molecule has 0 saturated heterocycles. The van der Waals surface area contributed by atoms with Gasteiger partial charge in [0.05, 0.1) is 19.0 Å². The highest BCUT2D eigenvalue weighted by molar-refractivity contribution is 6.26. The molecule has 0 aliphatic carbocycles. The van der Waals surface area contributed by atoms with Crippen molar-refractivity contribution in [3.63, 3.8) is 0 Å². The standard InChI is InChI=1S/C28H44N6O9/c1-7-14-42-26(40)21(32-24(38)17-34(5)6)12-13-23(37)31-20(10-8-18(35)15-29)25(39)33-22(11-9-19(36)16-30)27(41)43-28(2,3)4/h7,15-16,20-22,29-30H,1,8-14,17H2,2-6H3,(H,31,37)(H,32,38)(H,33,39)/t20-,21-,22-/m0/s1. The molecule has 0 unspecified atom stereocenters. The van der Waals surface area contributed by atoms with Crippen LogP contribution in [0.15, 0.2) is 12.7 Å². The maximum Gasteiger partial charge on any atom is 0.329 e. The molecule has 0 spiro atoms. The highest BCUT2D eigenvalue weighted by Gasteiger charge is 2.31. The van der Waals surface area contributed by atoms with Crippen LogP contribution in [0.1, 0.15) is 59.3 Å². The van der Waals surface area contributed by atoms with Gasteiger partial charge in [0.1, 0.15) is 30.3 Å². The van der Waals surface area contributed by atoms with Crippen LogP contribution in [0.3, 0.4) is 0 Å². The Morgan fingerprint density at radius 3 is 1.74 bits per heavy atom. The second-order valence-corrected chi connectivity index (χ2v) is 10.8. The summed E-state index contributed by atoms with van der Waals surface area (Å²) in [5, 5.41) is 21.6. The van der Waals surface area contributed by atoms with E-state index in [1.165, 1.54) is 6.08 Å². The van der Waals surface area contributed by atoms with Gasteiger partial charge in [-0.1, -0.05) is 12.7 Å². The molecule has 0 aliphatic rings. The first-order valence-electron chi connectivity index (χ1n) is 13.6. The minimum Gasteiger partial charge on any atom is -0.460 e. The third-order valence-corrected chi connectivity index (χ3v) is 5.42. The van der Waals surface area contributed by atoms with Crippen molar-refractivity contribution in [3.05, 3.63) is 12.7 Å². The predicted molar refractivity (Wildman–Crippen MR) is 157 cm³/mol. The Morgan fingerprint density at radius 2 is 1.26 bits per heavy atom. The molecule has 0 radical (unpaired) electrons. The molecule has 240 valence electrons. The molecule has 0 heterocycles. The smallest absolute Gasteiger partial charge is 0.329 e. The first-order valence-corrected chi connectivity index (χ1v) is 13.6. The molecule has 5 N–H and O–H groups in total. The van der Waals surface area contributed by atoms with Gasteiger partial charge in [-0.3, -0.25) is 24.0 Å². The molecule has 0 aromatic rings. The first-order chi connectivity index (χ1) is 20.0. The number of ketones is 2. The van der Waals surface area contributed by atoms with Crippen molar-refractivity contribution >= 4 is 53.7 Å². The summed E-state index contributed by atoms with van der Waals surface area (Å²) in [6, 6.07) is -3.81. The zero-order valence-electron chi connectivity index (χ0n) is 25.4. The summed E-state index contributed by atoms with van der Waals surface area (Å²) in [7, 11) is 3.32.